The number of carbonyl (C=O) groups is 2. The Morgan fingerprint density at radius 1 is 1.17 bits per heavy atom. The summed E-state index contributed by atoms with van der Waals surface area (Å²) >= 11 is 7.72. The fraction of sp³-hybridized carbons (Fsp3) is 0.571. The van der Waals surface area contributed by atoms with E-state index in [1.807, 2.05) is 18.9 Å². The van der Waals surface area contributed by atoms with Crippen molar-refractivity contribution in [2.45, 2.75) is 39.7 Å². The van der Waals surface area contributed by atoms with Crippen molar-refractivity contribution in [2.24, 2.45) is 12.5 Å². The van der Waals surface area contributed by atoms with Gasteiger partial charge in [0.1, 0.15) is 5.15 Å². The number of nitrogens with zero attached hydrogens (tertiary/aromatic N) is 4. The molecular formula is C21H27ClN4O2S. The molecule has 1 spiro atoms. The summed E-state index contributed by atoms with van der Waals surface area (Å²) < 4.78 is 1.74. The molecular weight excluding hydrogens is 408 g/mol. The largest absolute Gasteiger partial charge is 0.338 e. The molecule has 2 aromatic rings. The summed E-state index contributed by atoms with van der Waals surface area (Å²) in [6.45, 7) is 8.07. The Morgan fingerprint density at radius 3 is 2.41 bits per heavy atom. The van der Waals surface area contributed by atoms with Crippen LogP contribution < -0.4 is 0 Å². The Bertz CT molecular complexity index is 943. The number of hydrogen-bond donors (Lipinski definition) is 0. The lowest BCUT2D eigenvalue weighted by Crippen LogP contribution is -2.44. The molecule has 4 heterocycles. The number of aromatic nitrogens is 2. The van der Waals surface area contributed by atoms with Crippen molar-refractivity contribution in [3.05, 3.63) is 38.3 Å². The molecule has 0 radical (unpaired) electrons. The molecule has 0 atom stereocenters. The van der Waals surface area contributed by atoms with Crippen LogP contribution in [0.1, 0.15) is 56.8 Å². The topological polar surface area (TPSA) is 58.4 Å². The zero-order valence-corrected chi connectivity index (χ0v) is 18.8. The monoisotopic (exact) mass is 434 g/mol. The molecule has 0 bridgehead atoms. The van der Waals surface area contributed by atoms with Gasteiger partial charge in [-0.3, -0.25) is 19.2 Å². The quantitative estimate of drug-likeness (QED) is 0.687. The molecule has 1 amide bonds. The van der Waals surface area contributed by atoms with E-state index < -0.39 is 0 Å². The van der Waals surface area contributed by atoms with E-state index in [0.717, 1.165) is 62.0 Å². The van der Waals surface area contributed by atoms with Gasteiger partial charge in [0.15, 0.2) is 5.78 Å². The van der Waals surface area contributed by atoms with Gasteiger partial charge in [0.05, 0.1) is 15.4 Å². The molecule has 0 N–H and O–H groups in total. The molecule has 0 unspecified atom stereocenters. The van der Waals surface area contributed by atoms with E-state index in [0.29, 0.717) is 15.2 Å². The van der Waals surface area contributed by atoms with Crippen LogP contribution in [-0.2, 0) is 13.6 Å². The Labute approximate surface area is 180 Å². The number of amides is 1. The first kappa shape index (κ1) is 20.6. The zero-order chi connectivity index (χ0) is 20.8. The van der Waals surface area contributed by atoms with Crippen LogP contribution in [0.5, 0.6) is 0 Å². The van der Waals surface area contributed by atoms with Gasteiger partial charge in [0.2, 0.25) is 0 Å². The molecule has 0 aromatic carbocycles. The maximum atomic E-state index is 12.8. The van der Waals surface area contributed by atoms with Crippen LogP contribution in [0.15, 0.2) is 12.1 Å². The molecule has 6 nitrogen and oxygen atoms in total. The number of Topliss-reactive ketones (excluding diaryl/α,β-unsaturated/α-hetero) is 1. The van der Waals surface area contributed by atoms with E-state index in [1.54, 1.807) is 16.8 Å². The second-order valence-electron chi connectivity index (χ2n) is 8.45. The highest BCUT2D eigenvalue weighted by molar-refractivity contribution is 7.15. The molecule has 2 aromatic heterocycles. The average molecular weight is 435 g/mol. The molecule has 8 heteroatoms. The van der Waals surface area contributed by atoms with E-state index in [2.05, 4.69) is 10.00 Å². The van der Waals surface area contributed by atoms with Gasteiger partial charge in [-0.25, -0.2) is 0 Å². The number of piperidine rings is 1. The number of halogens is 1. The van der Waals surface area contributed by atoms with Crippen molar-refractivity contribution < 1.29 is 9.59 Å². The van der Waals surface area contributed by atoms with Gasteiger partial charge in [-0.05, 0) is 57.2 Å². The maximum absolute atomic E-state index is 12.8. The highest BCUT2D eigenvalue weighted by Crippen LogP contribution is 2.41. The van der Waals surface area contributed by atoms with Gasteiger partial charge in [-0.1, -0.05) is 11.6 Å². The molecule has 4 rings (SSSR count). The van der Waals surface area contributed by atoms with Crippen molar-refractivity contribution in [1.82, 2.24) is 19.6 Å². The van der Waals surface area contributed by atoms with Crippen molar-refractivity contribution in [2.75, 3.05) is 26.2 Å². The summed E-state index contributed by atoms with van der Waals surface area (Å²) in [5.41, 5.74) is 2.41. The van der Waals surface area contributed by atoms with Crippen molar-refractivity contribution >= 4 is 34.6 Å². The second kappa shape index (κ2) is 7.85. The van der Waals surface area contributed by atoms with E-state index >= 15 is 0 Å². The summed E-state index contributed by atoms with van der Waals surface area (Å²) in [5, 5.41) is 5.15. The number of likely N-dealkylation sites (tertiary alicyclic amines) is 2. The lowest BCUT2D eigenvalue weighted by molar-refractivity contribution is 0.0592. The van der Waals surface area contributed by atoms with Crippen molar-refractivity contribution in [3.63, 3.8) is 0 Å². The van der Waals surface area contributed by atoms with Gasteiger partial charge in [-0.15, -0.1) is 11.3 Å². The van der Waals surface area contributed by atoms with Gasteiger partial charge < -0.3 is 4.90 Å². The Kier molecular flexibility index (Phi) is 5.57. The molecule has 29 heavy (non-hydrogen) atoms. The fourth-order valence-corrected chi connectivity index (χ4v) is 5.73. The standard InChI is InChI=1S/C21H27ClN4O2S/c1-14-16(19(22)24(3)23-14)12-25-9-6-21(13-25)7-10-26(11-8-21)20(28)18-5-4-17(29-18)15(2)27/h4-5H,6-13H2,1-3H3. The third kappa shape index (κ3) is 4.00. The Balaban J connectivity index is 1.35. The molecule has 2 fully saturated rings. The number of carbonyl (C=O) groups excluding carboxylic acids is 2. The summed E-state index contributed by atoms with van der Waals surface area (Å²) in [6.07, 6.45) is 3.22. The Hall–Kier alpha value is -1.70. The highest BCUT2D eigenvalue weighted by atomic mass is 35.5. The molecule has 156 valence electrons. The maximum Gasteiger partial charge on any atom is 0.263 e. The van der Waals surface area contributed by atoms with E-state index in [1.165, 1.54) is 24.7 Å². The highest BCUT2D eigenvalue weighted by Gasteiger charge is 2.41. The third-order valence-electron chi connectivity index (χ3n) is 6.44. The summed E-state index contributed by atoms with van der Waals surface area (Å²) in [7, 11) is 1.88. The predicted octanol–water partition coefficient (Wildman–Crippen LogP) is 3.77. The zero-order valence-electron chi connectivity index (χ0n) is 17.2. The van der Waals surface area contributed by atoms with Crippen molar-refractivity contribution in [3.8, 4) is 0 Å². The lowest BCUT2D eigenvalue weighted by atomic mass is 9.77. The SMILES string of the molecule is CC(=O)c1ccc(C(=O)N2CCC3(CCN(Cc4c(C)nn(C)c4Cl)C3)CC2)s1. The minimum atomic E-state index is 0.0154. The van der Waals surface area contributed by atoms with E-state index in [9.17, 15) is 9.59 Å². The number of aryl methyl sites for hydroxylation is 2. The minimum Gasteiger partial charge on any atom is -0.338 e. The van der Waals surface area contributed by atoms with Crippen LogP contribution in [0, 0.1) is 12.3 Å². The van der Waals surface area contributed by atoms with E-state index in [4.69, 9.17) is 11.6 Å². The number of thiophene rings is 1. The van der Waals surface area contributed by atoms with Crippen LogP contribution in [0.2, 0.25) is 5.15 Å². The molecule has 0 saturated carbocycles. The van der Waals surface area contributed by atoms with Gasteiger partial charge >= 0.3 is 0 Å². The normalized spacial score (nSPS) is 19.2. The summed E-state index contributed by atoms with van der Waals surface area (Å²) in [5.74, 6) is 0.0756. The van der Waals surface area contributed by atoms with Crippen LogP contribution >= 0.6 is 22.9 Å². The average Bonchev–Trinajstić information content (AvgIpc) is 3.38. The summed E-state index contributed by atoms with van der Waals surface area (Å²) in [6, 6.07) is 3.54. The summed E-state index contributed by atoms with van der Waals surface area (Å²) in [4.78, 5) is 30.1. The third-order valence-corrected chi connectivity index (χ3v) is 8.09. The first-order valence-electron chi connectivity index (χ1n) is 10.1. The number of ketones is 1. The van der Waals surface area contributed by atoms with Crippen LogP contribution in [-0.4, -0.2) is 57.4 Å². The minimum absolute atomic E-state index is 0.0154. The van der Waals surface area contributed by atoms with Crippen LogP contribution in [0.4, 0.5) is 0 Å². The van der Waals surface area contributed by atoms with Crippen molar-refractivity contribution in [1.29, 1.82) is 0 Å². The smallest absolute Gasteiger partial charge is 0.263 e. The fourth-order valence-electron chi connectivity index (χ4n) is 4.63. The van der Waals surface area contributed by atoms with Crippen LogP contribution in [0.25, 0.3) is 0 Å². The van der Waals surface area contributed by atoms with Gasteiger partial charge in [0, 0.05) is 38.8 Å². The molecule has 2 aliphatic rings. The molecule has 0 aliphatic carbocycles. The van der Waals surface area contributed by atoms with Gasteiger partial charge in [-0.2, -0.15) is 5.10 Å². The first-order chi connectivity index (χ1) is 13.8. The molecule has 2 saturated heterocycles. The lowest BCUT2D eigenvalue weighted by Gasteiger charge is -2.39. The second-order valence-corrected chi connectivity index (χ2v) is 9.89. The van der Waals surface area contributed by atoms with Crippen LogP contribution in [0.3, 0.4) is 0 Å². The first-order valence-corrected chi connectivity index (χ1v) is 11.3. The predicted molar refractivity (Wildman–Crippen MR) is 115 cm³/mol. The number of rotatable bonds is 4. The van der Waals surface area contributed by atoms with E-state index in [-0.39, 0.29) is 11.7 Å². The number of hydrogen-bond acceptors (Lipinski definition) is 5. The van der Waals surface area contributed by atoms with Gasteiger partial charge in [0.25, 0.3) is 5.91 Å². The Morgan fingerprint density at radius 2 is 1.83 bits per heavy atom. The molecule has 2 aliphatic heterocycles.